The topological polar surface area (TPSA) is 37.8 Å². The van der Waals surface area contributed by atoms with Crippen LogP contribution in [-0.4, -0.2) is 16.7 Å². The highest BCUT2D eigenvalue weighted by Crippen LogP contribution is 2.30. The zero-order chi connectivity index (χ0) is 13.1. The van der Waals surface area contributed by atoms with Crippen LogP contribution in [-0.2, 0) is 6.54 Å². The maximum absolute atomic E-state index is 13.7. The molecule has 0 aliphatic rings. The van der Waals surface area contributed by atoms with Crippen molar-refractivity contribution >= 4 is 27.3 Å². The molecule has 96 valence electrons. The van der Waals surface area contributed by atoms with Gasteiger partial charge in [0.05, 0.1) is 5.56 Å². The van der Waals surface area contributed by atoms with Crippen molar-refractivity contribution in [1.29, 1.82) is 0 Å². The van der Waals surface area contributed by atoms with E-state index in [2.05, 4.69) is 31.4 Å². The van der Waals surface area contributed by atoms with Gasteiger partial charge in [0.2, 0.25) is 0 Å². The van der Waals surface area contributed by atoms with Crippen molar-refractivity contribution < 1.29 is 8.78 Å². The van der Waals surface area contributed by atoms with Crippen molar-refractivity contribution in [3.8, 4) is 10.6 Å². The van der Waals surface area contributed by atoms with Crippen LogP contribution in [0.15, 0.2) is 16.6 Å². The van der Waals surface area contributed by atoms with Gasteiger partial charge in [0.15, 0.2) is 5.01 Å². The minimum Gasteiger partial charge on any atom is -0.311 e. The third-order valence-electron chi connectivity index (χ3n) is 2.21. The van der Waals surface area contributed by atoms with E-state index in [1.807, 2.05) is 6.92 Å². The van der Waals surface area contributed by atoms with E-state index in [1.165, 1.54) is 23.5 Å². The molecule has 1 heterocycles. The van der Waals surface area contributed by atoms with Gasteiger partial charge in [-0.15, -0.1) is 10.2 Å². The van der Waals surface area contributed by atoms with Crippen molar-refractivity contribution in [3.63, 3.8) is 0 Å². The van der Waals surface area contributed by atoms with Crippen LogP contribution in [0.4, 0.5) is 8.78 Å². The van der Waals surface area contributed by atoms with E-state index in [0.29, 0.717) is 16.0 Å². The molecule has 0 unspecified atom stereocenters. The summed E-state index contributed by atoms with van der Waals surface area (Å²) in [5.74, 6) is -1.29. The fraction of sp³-hybridized carbons (Fsp3) is 0.273. The van der Waals surface area contributed by atoms with Crippen molar-refractivity contribution in [2.45, 2.75) is 13.5 Å². The number of hydrogen-bond acceptors (Lipinski definition) is 4. The summed E-state index contributed by atoms with van der Waals surface area (Å²) in [5, 5.41) is 11.8. The van der Waals surface area contributed by atoms with Gasteiger partial charge in [0, 0.05) is 11.0 Å². The fourth-order valence-corrected chi connectivity index (χ4v) is 2.66. The van der Waals surface area contributed by atoms with Crippen LogP contribution in [0.1, 0.15) is 11.9 Å². The predicted molar refractivity (Wildman–Crippen MR) is 70.3 cm³/mol. The van der Waals surface area contributed by atoms with Crippen LogP contribution in [0.25, 0.3) is 10.6 Å². The minimum absolute atomic E-state index is 0.126. The highest BCUT2D eigenvalue weighted by Gasteiger charge is 2.17. The van der Waals surface area contributed by atoms with Crippen LogP contribution in [0.5, 0.6) is 0 Å². The predicted octanol–water partition coefficient (Wildman–Crippen LogP) is 3.36. The standard InChI is InChI=1S/C11H10BrF2N3S/c1-2-15-5-9-16-17-11(18-9)10-7(13)3-6(12)4-8(10)14/h3-4,15H,2,5H2,1H3. The molecule has 0 amide bonds. The third kappa shape index (κ3) is 2.90. The molecule has 1 N–H and O–H groups in total. The smallest absolute Gasteiger partial charge is 0.153 e. The van der Waals surface area contributed by atoms with Gasteiger partial charge in [-0.3, -0.25) is 0 Å². The molecule has 2 aromatic rings. The number of halogens is 3. The molecule has 0 saturated heterocycles. The van der Waals surface area contributed by atoms with E-state index < -0.39 is 11.6 Å². The Kier molecular flexibility index (Phi) is 4.36. The molecular weight excluding hydrogens is 324 g/mol. The van der Waals surface area contributed by atoms with Gasteiger partial charge in [-0.05, 0) is 18.7 Å². The molecule has 0 bridgehead atoms. The number of benzene rings is 1. The summed E-state index contributed by atoms with van der Waals surface area (Å²) in [4.78, 5) is 0. The van der Waals surface area contributed by atoms with E-state index >= 15 is 0 Å². The highest BCUT2D eigenvalue weighted by molar-refractivity contribution is 9.10. The fourth-order valence-electron chi connectivity index (χ4n) is 1.40. The second-order valence-electron chi connectivity index (χ2n) is 3.53. The summed E-state index contributed by atoms with van der Waals surface area (Å²) < 4.78 is 27.8. The molecule has 3 nitrogen and oxygen atoms in total. The summed E-state index contributed by atoms with van der Waals surface area (Å²) in [5.41, 5.74) is -0.126. The molecular formula is C11H10BrF2N3S. The van der Waals surface area contributed by atoms with E-state index in [4.69, 9.17) is 0 Å². The minimum atomic E-state index is -0.645. The Morgan fingerprint density at radius 1 is 1.28 bits per heavy atom. The van der Waals surface area contributed by atoms with Crippen LogP contribution in [0, 0.1) is 11.6 Å². The Hall–Kier alpha value is -0.920. The first kappa shape index (κ1) is 13.5. The van der Waals surface area contributed by atoms with Crippen LogP contribution >= 0.6 is 27.3 Å². The lowest BCUT2D eigenvalue weighted by atomic mass is 10.2. The van der Waals surface area contributed by atoms with E-state index in [0.717, 1.165) is 6.54 Å². The van der Waals surface area contributed by atoms with Crippen molar-refractivity contribution in [3.05, 3.63) is 33.2 Å². The average Bonchev–Trinajstić information content (AvgIpc) is 2.73. The van der Waals surface area contributed by atoms with Gasteiger partial charge in [0.1, 0.15) is 16.6 Å². The Balaban J connectivity index is 2.34. The molecule has 7 heteroatoms. The molecule has 1 aromatic carbocycles. The second-order valence-corrected chi connectivity index (χ2v) is 5.50. The van der Waals surface area contributed by atoms with Crippen molar-refractivity contribution in [1.82, 2.24) is 15.5 Å². The van der Waals surface area contributed by atoms with Crippen LogP contribution < -0.4 is 5.32 Å². The van der Waals surface area contributed by atoms with Gasteiger partial charge in [-0.2, -0.15) is 0 Å². The summed E-state index contributed by atoms with van der Waals surface area (Å²) in [7, 11) is 0. The Morgan fingerprint density at radius 3 is 2.56 bits per heavy atom. The van der Waals surface area contributed by atoms with E-state index in [9.17, 15) is 8.78 Å². The number of nitrogens with zero attached hydrogens (tertiary/aromatic N) is 2. The summed E-state index contributed by atoms with van der Waals surface area (Å²) in [6.45, 7) is 3.32. The summed E-state index contributed by atoms with van der Waals surface area (Å²) in [6.07, 6.45) is 0. The first-order valence-electron chi connectivity index (χ1n) is 5.29. The third-order valence-corrected chi connectivity index (χ3v) is 3.61. The average molecular weight is 334 g/mol. The molecule has 0 atom stereocenters. The number of hydrogen-bond donors (Lipinski definition) is 1. The van der Waals surface area contributed by atoms with Crippen LogP contribution in [0.2, 0.25) is 0 Å². The first-order chi connectivity index (χ1) is 8.61. The molecule has 0 fully saturated rings. The number of nitrogens with one attached hydrogen (secondary N) is 1. The SMILES string of the molecule is CCNCc1nnc(-c2c(F)cc(Br)cc2F)s1. The maximum atomic E-state index is 13.7. The molecule has 2 rings (SSSR count). The lowest BCUT2D eigenvalue weighted by molar-refractivity contribution is 0.587. The summed E-state index contributed by atoms with van der Waals surface area (Å²) >= 11 is 4.22. The molecule has 18 heavy (non-hydrogen) atoms. The van der Waals surface area contributed by atoms with Gasteiger partial charge in [0.25, 0.3) is 0 Å². The molecule has 0 saturated carbocycles. The lowest BCUT2D eigenvalue weighted by Crippen LogP contribution is -2.11. The highest BCUT2D eigenvalue weighted by atomic mass is 79.9. The van der Waals surface area contributed by atoms with Gasteiger partial charge in [-0.1, -0.05) is 34.2 Å². The molecule has 0 aliphatic carbocycles. The zero-order valence-electron chi connectivity index (χ0n) is 9.51. The normalized spacial score (nSPS) is 10.9. The Bertz CT molecular complexity index is 536. The quantitative estimate of drug-likeness (QED) is 0.932. The molecule has 0 aliphatic heterocycles. The largest absolute Gasteiger partial charge is 0.311 e. The summed E-state index contributed by atoms with van der Waals surface area (Å²) in [6, 6.07) is 2.42. The van der Waals surface area contributed by atoms with Crippen molar-refractivity contribution in [2.75, 3.05) is 6.54 Å². The monoisotopic (exact) mass is 333 g/mol. The van der Waals surface area contributed by atoms with Gasteiger partial charge in [-0.25, -0.2) is 8.78 Å². The molecule has 0 radical (unpaired) electrons. The maximum Gasteiger partial charge on any atom is 0.153 e. The first-order valence-corrected chi connectivity index (χ1v) is 6.90. The van der Waals surface area contributed by atoms with Crippen molar-refractivity contribution in [2.24, 2.45) is 0 Å². The van der Waals surface area contributed by atoms with E-state index in [-0.39, 0.29) is 10.6 Å². The zero-order valence-corrected chi connectivity index (χ0v) is 11.9. The van der Waals surface area contributed by atoms with E-state index in [1.54, 1.807) is 0 Å². The Labute approximate surface area is 115 Å². The number of aromatic nitrogens is 2. The molecule has 0 spiro atoms. The van der Waals surface area contributed by atoms with Gasteiger partial charge < -0.3 is 5.32 Å². The number of rotatable bonds is 4. The Morgan fingerprint density at radius 2 is 1.94 bits per heavy atom. The van der Waals surface area contributed by atoms with Crippen LogP contribution in [0.3, 0.4) is 0 Å². The van der Waals surface area contributed by atoms with Gasteiger partial charge >= 0.3 is 0 Å². The molecule has 1 aromatic heterocycles. The lowest BCUT2D eigenvalue weighted by Gasteiger charge is -2.01. The second kappa shape index (κ2) is 5.81.